The maximum atomic E-state index is 13.2. The van der Waals surface area contributed by atoms with E-state index in [9.17, 15) is 18.0 Å². The zero-order valence-electron chi connectivity index (χ0n) is 20.0. The summed E-state index contributed by atoms with van der Waals surface area (Å²) in [6, 6.07) is 13.2. The molecule has 0 bridgehead atoms. The SMILES string of the molecule is CCNC(=O)C(C)N(Cc1ccccc1Cl)C(=O)CCCN(c1cccc(OC)c1)S(C)(=O)=O. The summed E-state index contributed by atoms with van der Waals surface area (Å²) in [6.45, 7) is 4.19. The number of amides is 2. The zero-order valence-corrected chi connectivity index (χ0v) is 21.5. The summed E-state index contributed by atoms with van der Waals surface area (Å²) < 4.78 is 31.3. The number of sulfonamides is 1. The molecular weight excluding hydrogens is 478 g/mol. The number of carbonyl (C=O) groups is 2. The molecule has 0 saturated carbocycles. The number of benzene rings is 2. The predicted octanol–water partition coefficient (Wildman–Crippen LogP) is 3.45. The molecule has 8 nitrogen and oxygen atoms in total. The van der Waals surface area contributed by atoms with Crippen molar-refractivity contribution in [1.29, 1.82) is 0 Å². The molecular formula is C24H32ClN3O5S. The molecule has 186 valence electrons. The molecule has 1 unspecified atom stereocenters. The molecule has 0 spiro atoms. The van der Waals surface area contributed by atoms with Crippen LogP contribution in [-0.4, -0.2) is 57.6 Å². The van der Waals surface area contributed by atoms with E-state index in [0.717, 1.165) is 11.8 Å². The van der Waals surface area contributed by atoms with E-state index in [-0.39, 0.29) is 37.7 Å². The maximum absolute atomic E-state index is 13.2. The van der Waals surface area contributed by atoms with Crippen molar-refractivity contribution in [2.45, 2.75) is 39.3 Å². The lowest BCUT2D eigenvalue weighted by atomic mass is 10.1. The number of hydrogen-bond acceptors (Lipinski definition) is 5. The Bertz CT molecular complexity index is 1090. The first-order valence-electron chi connectivity index (χ1n) is 11.0. The van der Waals surface area contributed by atoms with Crippen LogP contribution < -0.4 is 14.4 Å². The number of carbonyl (C=O) groups excluding carboxylic acids is 2. The van der Waals surface area contributed by atoms with Crippen molar-refractivity contribution >= 4 is 39.1 Å². The summed E-state index contributed by atoms with van der Waals surface area (Å²) in [5, 5.41) is 3.25. The molecule has 0 heterocycles. The third-order valence-electron chi connectivity index (χ3n) is 5.31. The first-order chi connectivity index (χ1) is 16.1. The number of likely N-dealkylation sites (N-methyl/N-ethyl adjacent to an activating group) is 1. The van der Waals surface area contributed by atoms with Crippen molar-refractivity contribution in [2.24, 2.45) is 0 Å². The molecule has 1 N–H and O–H groups in total. The summed E-state index contributed by atoms with van der Waals surface area (Å²) in [6.07, 6.45) is 1.45. The van der Waals surface area contributed by atoms with E-state index in [2.05, 4.69) is 5.32 Å². The topological polar surface area (TPSA) is 96.0 Å². The minimum absolute atomic E-state index is 0.0597. The lowest BCUT2D eigenvalue weighted by molar-refractivity contribution is -0.140. The Hall–Kier alpha value is -2.78. The Kier molecular flexibility index (Phi) is 10.2. The van der Waals surface area contributed by atoms with Crippen molar-refractivity contribution in [3.8, 4) is 5.75 Å². The molecule has 1 atom stereocenters. The Morgan fingerprint density at radius 1 is 1.15 bits per heavy atom. The summed E-state index contributed by atoms with van der Waals surface area (Å²) in [5.41, 5.74) is 1.18. The molecule has 10 heteroatoms. The second-order valence-corrected chi connectivity index (χ2v) is 10.1. The van der Waals surface area contributed by atoms with Gasteiger partial charge in [0.25, 0.3) is 0 Å². The smallest absolute Gasteiger partial charge is 0.242 e. The molecule has 34 heavy (non-hydrogen) atoms. The number of nitrogens with one attached hydrogen (secondary N) is 1. The first kappa shape index (κ1) is 27.5. The highest BCUT2D eigenvalue weighted by Crippen LogP contribution is 2.24. The van der Waals surface area contributed by atoms with E-state index in [1.165, 1.54) is 16.3 Å². The lowest BCUT2D eigenvalue weighted by Gasteiger charge is -2.29. The van der Waals surface area contributed by atoms with Crippen molar-refractivity contribution in [2.75, 3.05) is 30.8 Å². The van der Waals surface area contributed by atoms with Crippen LogP contribution >= 0.6 is 11.6 Å². The van der Waals surface area contributed by atoms with Gasteiger partial charge in [0.15, 0.2) is 0 Å². The lowest BCUT2D eigenvalue weighted by Crippen LogP contribution is -2.47. The van der Waals surface area contributed by atoms with Gasteiger partial charge in [-0.25, -0.2) is 8.42 Å². The standard InChI is InChI=1S/C24H32ClN3O5S/c1-5-26-24(30)18(2)27(17-19-10-6-7-13-22(19)25)23(29)14-9-15-28(34(4,31)32)20-11-8-12-21(16-20)33-3/h6-8,10-13,16,18H,5,9,14-15,17H2,1-4H3,(H,26,30). The fraction of sp³-hybridized carbons (Fsp3) is 0.417. The molecule has 2 aromatic carbocycles. The Morgan fingerprint density at radius 2 is 1.85 bits per heavy atom. The molecule has 2 amide bonds. The highest BCUT2D eigenvalue weighted by Gasteiger charge is 2.27. The van der Waals surface area contributed by atoms with Gasteiger partial charge in [-0.3, -0.25) is 13.9 Å². The van der Waals surface area contributed by atoms with Crippen LogP contribution in [-0.2, 0) is 26.2 Å². The van der Waals surface area contributed by atoms with E-state index >= 15 is 0 Å². The van der Waals surface area contributed by atoms with Crippen molar-refractivity contribution in [1.82, 2.24) is 10.2 Å². The van der Waals surface area contributed by atoms with Crippen LogP contribution in [0.25, 0.3) is 0 Å². The highest BCUT2D eigenvalue weighted by atomic mass is 35.5. The fourth-order valence-corrected chi connectivity index (χ4v) is 4.64. The van der Waals surface area contributed by atoms with Crippen LogP contribution in [0, 0.1) is 0 Å². The van der Waals surface area contributed by atoms with Gasteiger partial charge in [0.1, 0.15) is 11.8 Å². The van der Waals surface area contributed by atoms with E-state index in [1.54, 1.807) is 49.4 Å². The minimum atomic E-state index is -3.58. The molecule has 0 saturated heterocycles. The molecule has 0 radical (unpaired) electrons. The summed E-state index contributed by atoms with van der Waals surface area (Å²) in [5.74, 6) is -0.00119. The van der Waals surface area contributed by atoms with Crippen LogP contribution in [0.4, 0.5) is 5.69 Å². The zero-order chi connectivity index (χ0) is 25.3. The second-order valence-electron chi connectivity index (χ2n) is 7.82. The number of anilines is 1. The van der Waals surface area contributed by atoms with Crippen LogP contribution in [0.3, 0.4) is 0 Å². The minimum Gasteiger partial charge on any atom is -0.497 e. The molecule has 0 aliphatic heterocycles. The van der Waals surface area contributed by atoms with Crippen LogP contribution in [0.5, 0.6) is 5.75 Å². The maximum Gasteiger partial charge on any atom is 0.242 e. The van der Waals surface area contributed by atoms with Gasteiger partial charge in [0, 0.05) is 37.1 Å². The summed E-state index contributed by atoms with van der Waals surface area (Å²) in [4.78, 5) is 27.2. The number of nitrogens with zero attached hydrogens (tertiary/aromatic N) is 2. The quantitative estimate of drug-likeness (QED) is 0.472. The van der Waals surface area contributed by atoms with Crippen molar-refractivity contribution < 1.29 is 22.7 Å². The van der Waals surface area contributed by atoms with Crippen LogP contribution in [0.2, 0.25) is 5.02 Å². The first-order valence-corrected chi connectivity index (χ1v) is 13.2. The normalized spacial score (nSPS) is 12.0. The summed E-state index contributed by atoms with van der Waals surface area (Å²) >= 11 is 6.28. The fourth-order valence-electron chi connectivity index (χ4n) is 3.48. The molecule has 0 fully saturated rings. The van der Waals surface area contributed by atoms with E-state index in [4.69, 9.17) is 16.3 Å². The van der Waals surface area contributed by atoms with E-state index in [1.807, 2.05) is 13.0 Å². The number of rotatable bonds is 12. The van der Waals surface area contributed by atoms with Gasteiger partial charge in [0.05, 0.1) is 19.1 Å². The molecule has 2 rings (SSSR count). The van der Waals surface area contributed by atoms with Gasteiger partial charge >= 0.3 is 0 Å². The number of halogens is 1. The highest BCUT2D eigenvalue weighted by molar-refractivity contribution is 7.92. The Balaban J connectivity index is 2.17. The van der Waals surface area contributed by atoms with Gasteiger partial charge in [0.2, 0.25) is 21.8 Å². The van der Waals surface area contributed by atoms with Crippen molar-refractivity contribution in [3.63, 3.8) is 0 Å². The van der Waals surface area contributed by atoms with Gasteiger partial charge in [-0.15, -0.1) is 0 Å². The Morgan fingerprint density at radius 3 is 2.47 bits per heavy atom. The van der Waals surface area contributed by atoms with Gasteiger partial charge in [-0.2, -0.15) is 0 Å². The number of methoxy groups -OCH3 is 1. The molecule has 0 aliphatic rings. The average Bonchev–Trinajstić information content (AvgIpc) is 2.80. The molecule has 0 aliphatic carbocycles. The molecule has 2 aromatic rings. The molecule has 0 aromatic heterocycles. The van der Waals surface area contributed by atoms with E-state index in [0.29, 0.717) is 23.0 Å². The predicted molar refractivity (Wildman–Crippen MR) is 135 cm³/mol. The van der Waals surface area contributed by atoms with E-state index < -0.39 is 16.1 Å². The van der Waals surface area contributed by atoms with Crippen molar-refractivity contribution in [3.05, 3.63) is 59.1 Å². The second kappa shape index (κ2) is 12.6. The van der Waals surface area contributed by atoms with Gasteiger partial charge in [-0.1, -0.05) is 35.9 Å². The number of ether oxygens (including phenoxy) is 1. The monoisotopic (exact) mass is 509 g/mol. The number of hydrogen-bond donors (Lipinski definition) is 1. The Labute approximate surface area is 206 Å². The van der Waals surface area contributed by atoms with Crippen LogP contribution in [0.15, 0.2) is 48.5 Å². The van der Waals surface area contributed by atoms with Gasteiger partial charge in [-0.05, 0) is 44.0 Å². The summed E-state index contributed by atoms with van der Waals surface area (Å²) in [7, 11) is -2.08. The average molecular weight is 510 g/mol. The largest absolute Gasteiger partial charge is 0.497 e. The van der Waals surface area contributed by atoms with Crippen LogP contribution in [0.1, 0.15) is 32.3 Å². The third kappa shape index (κ3) is 7.63. The van der Waals surface area contributed by atoms with Gasteiger partial charge < -0.3 is 15.0 Å². The third-order valence-corrected chi connectivity index (χ3v) is 6.87.